The minimum atomic E-state index is -0.143. The highest BCUT2D eigenvalue weighted by atomic mass is 32.2. The van der Waals surface area contributed by atoms with Crippen LogP contribution >= 0.6 is 11.8 Å². The van der Waals surface area contributed by atoms with Crippen LogP contribution in [0, 0.1) is 5.82 Å². The topological polar surface area (TPSA) is 15.3 Å². The summed E-state index contributed by atoms with van der Waals surface area (Å²) in [5.41, 5.74) is 1.07. The highest BCUT2D eigenvalue weighted by Gasteiger charge is 2.20. The fourth-order valence-corrected chi connectivity index (χ4v) is 4.15. The minimum absolute atomic E-state index is 0.143. The molecule has 0 aromatic heterocycles. The Morgan fingerprint density at radius 2 is 2.29 bits per heavy atom. The van der Waals surface area contributed by atoms with Gasteiger partial charge in [0, 0.05) is 36.7 Å². The fraction of sp³-hybridized carbons (Fsp3) is 0.647. The van der Waals surface area contributed by atoms with Crippen LogP contribution in [-0.4, -0.2) is 42.1 Å². The Labute approximate surface area is 132 Å². The van der Waals surface area contributed by atoms with Gasteiger partial charge in [-0.2, -0.15) is 11.8 Å². The van der Waals surface area contributed by atoms with Crippen molar-refractivity contribution in [3.63, 3.8) is 0 Å². The SMILES string of the molecule is CCNC(CCN1CCSC(CC)C1)c1cccc(F)c1. The Bertz CT molecular complexity index is 427. The number of hydrogen-bond donors (Lipinski definition) is 1. The normalized spacial score (nSPS) is 21.4. The molecule has 0 bridgehead atoms. The molecule has 1 aliphatic rings. The van der Waals surface area contributed by atoms with Gasteiger partial charge in [-0.25, -0.2) is 4.39 Å². The fourth-order valence-electron chi connectivity index (χ4n) is 2.90. The average Bonchev–Trinajstić information content (AvgIpc) is 2.51. The van der Waals surface area contributed by atoms with E-state index in [0.717, 1.165) is 30.3 Å². The maximum Gasteiger partial charge on any atom is 0.123 e. The van der Waals surface area contributed by atoms with Gasteiger partial charge < -0.3 is 10.2 Å². The van der Waals surface area contributed by atoms with Gasteiger partial charge in [0.05, 0.1) is 0 Å². The molecule has 1 heterocycles. The zero-order valence-electron chi connectivity index (χ0n) is 13.1. The predicted octanol–water partition coefficient (Wildman–Crippen LogP) is 3.69. The molecule has 1 aliphatic heterocycles. The third-order valence-corrected chi connectivity index (χ3v) is 5.49. The Morgan fingerprint density at radius 1 is 1.43 bits per heavy atom. The van der Waals surface area contributed by atoms with Crippen molar-refractivity contribution in [2.45, 2.75) is 38.0 Å². The van der Waals surface area contributed by atoms with E-state index in [1.165, 1.54) is 31.3 Å². The number of nitrogens with one attached hydrogen (secondary N) is 1. The summed E-state index contributed by atoms with van der Waals surface area (Å²) in [6, 6.07) is 7.26. The van der Waals surface area contributed by atoms with Crippen molar-refractivity contribution in [3.05, 3.63) is 35.6 Å². The molecule has 118 valence electrons. The quantitative estimate of drug-likeness (QED) is 0.827. The van der Waals surface area contributed by atoms with Crippen molar-refractivity contribution >= 4 is 11.8 Å². The first-order valence-corrected chi connectivity index (χ1v) is 9.10. The second-order valence-corrected chi connectivity index (χ2v) is 7.06. The van der Waals surface area contributed by atoms with Crippen LogP contribution in [0.2, 0.25) is 0 Å². The first-order valence-electron chi connectivity index (χ1n) is 8.05. The zero-order chi connectivity index (χ0) is 15.1. The number of benzene rings is 1. The van der Waals surface area contributed by atoms with Gasteiger partial charge in [-0.15, -0.1) is 0 Å². The van der Waals surface area contributed by atoms with Crippen LogP contribution in [0.5, 0.6) is 0 Å². The molecule has 2 atom stereocenters. The van der Waals surface area contributed by atoms with Crippen molar-refractivity contribution in [1.82, 2.24) is 10.2 Å². The lowest BCUT2D eigenvalue weighted by Gasteiger charge is -2.33. The van der Waals surface area contributed by atoms with Crippen LogP contribution in [0.25, 0.3) is 0 Å². The highest BCUT2D eigenvalue weighted by molar-refractivity contribution is 8.00. The van der Waals surface area contributed by atoms with Crippen LogP contribution in [0.1, 0.15) is 38.3 Å². The van der Waals surface area contributed by atoms with Gasteiger partial charge in [0.25, 0.3) is 0 Å². The van der Waals surface area contributed by atoms with Crippen LogP contribution in [0.4, 0.5) is 4.39 Å². The summed E-state index contributed by atoms with van der Waals surface area (Å²) in [4.78, 5) is 2.56. The maximum absolute atomic E-state index is 13.4. The smallest absolute Gasteiger partial charge is 0.123 e. The minimum Gasteiger partial charge on any atom is -0.310 e. The molecule has 1 saturated heterocycles. The van der Waals surface area contributed by atoms with E-state index in [-0.39, 0.29) is 11.9 Å². The lowest BCUT2D eigenvalue weighted by Crippen LogP contribution is -2.39. The Morgan fingerprint density at radius 3 is 3.00 bits per heavy atom. The molecule has 21 heavy (non-hydrogen) atoms. The van der Waals surface area contributed by atoms with Crippen LogP contribution in [0.3, 0.4) is 0 Å². The summed E-state index contributed by atoms with van der Waals surface area (Å²) in [6.45, 7) is 8.76. The molecule has 0 radical (unpaired) electrons. The van der Waals surface area contributed by atoms with Gasteiger partial charge in [0.2, 0.25) is 0 Å². The maximum atomic E-state index is 13.4. The first kappa shape index (κ1) is 16.8. The molecule has 1 aromatic carbocycles. The summed E-state index contributed by atoms with van der Waals surface area (Å²) in [7, 11) is 0. The van der Waals surface area contributed by atoms with Crippen molar-refractivity contribution in [2.75, 3.05) is 31.9 Å². The highest BCUT2D eigenvalue weighted by Crippen LogP contribution is 2.23. The first-order chi connectivity index (χ1) is 10.2. The Hall–Kier alpha value is -0.580. The third kappa shape index (κ3) is 5.28. The number of hydrogen-bond acceptors (Lipinski definition) is 3. The van der Waals surface area contributed by atoms with Gasteiger partial charge in [0.15, 0.2) is 0 Å². The standard InChI is InChI=1S/C17H27FN2S/c1-3-16-13-20(10-11-21-16)9-8-17(19-4-2)14-6-5-7-15(18)12-14/h5-7,12,16-17,19H,3-4,8-11,13H2,1-2H3. The molecule has 1 aromatic rings. The molecule has 1 N–H and O–H groups in total. The molecule has 4 heteroatoms. The largest absolute Gasteiger partial charge is 0.310 e. The molecule has 2 unspecified atom stereocenters. The molecule has 1 fully saturated rings. The van der Waals surface area contributed by atoms with Gasteiger partial charge in [-0.1, -0.05) is 26.0 Å². The van der Waals surface area contributed by atoms with Crippen molar-refractivity contribution < 1.29 is 4.39 Å². The molecule has 0 saturated carbocycles. The lowest BCUT2D eigenvalue weighted by atomic mass is 10.0. The van der Waals surface area contributed by atoms with Gasteiger partial charge in [-0.05, 0) is 37.1 Å². The van der Waals surface area contributed by atoms with Gasteiger partial charge in [0.1, 0.15) is 5.82 Å². The van der Waals surface area contributed by atoms with E-state index >= 15 is 0 Å². The second-order valence-electron chi connectivity index (χ2n) is 5.66. The van der Waals surface area contributed by atoms with Gasteiger partial charge in [-0.3, -0.25) is 0 Å². The van der Waals surface area contributed by atoms with E-state index in [2.05, 4.69) is 35.8 Å². The Kier molecular flexibility index (Phi) is 7.00. The molecular formula is C17H27FN2S. The lowest BCUT2D eigenvalue weighted by molar-refractivity contribution is 0.263. The summed E-state index contributed by atoms with van der Waals surface area (Å²) in [5.74, 6) is 1.10. The summed E-state index contributed by atoms with van der Waals surface area (Å²) < 4.78 is 13.4. The van der Waals surface area contributed by atoms with Gasteiger partial charge >= 0.3 is 0 Å². The summed E-state index contributed by atoms with van der Waals surface area (Å²) >= 11 is 2.10. The number of nitrogens with zero attached hydrogens (tertiary/aromatic N) is 1. The van der Waals surface area contributed by atoms with E-state index in [4.69, 9.17) is 0 Å². The predicted molar refractivity (Wildman–Crippen MR) is 90.4 cm³/mol. The molecule has 0 aliphatic carbocycles. The Balaban J connectivity index is 1.91. The zero-order valence-corrected chi connectivity index (χ0v) is 14.0. The molecule has 2 nitrogen and oxygen atoms in total. The summed E-state index contributed by atoms with van der Waals surface area (Å²) in [6.07, 6.45) is 2.29. The third-order valence-electron chi connectivity index (χ3n) is 4.11. The number of halogens is 1. The van der Waals surface area contributed by atoms with Crippen LogP contribution < -0.4 is 5.32 Å². The van der Waals surface area contributed by atoms with Crippen LogP contribution in [0.15, 0.2) is 24.3 Å². The average molecular weight is 310 g/mol. The second kappa shape index (κ2) is 8.76. The van der Waals surface area contributed by atoms with E-state index < -0.39 is 0 Å². The van der Waals surface area contributed by atoms with E-state index in [1.807, 2.05) is 6.07 Å². The van der Waals surface area contributed by atoms with Crippen molar-refractivity contribution in [3.8, 4) is 0 Å². The van der Waals surface area contributed by atoms with Crippen molar-refractivity contribution in [1.29, 1.82) is 0 Å². The van der Waals surface area contributed by atoms with Crippen LogP contribution in [-0.2, 0) is 0 Å². The number of thioether (sulfide) groups is 1. The monoisotopic (exact) mass is 310 g/mol. The molecule has 0 amide bonds. The molecule has 2 rings (SSSR count). The van der Waals surface area contributed by atoms with Crippen molar-refractivity contribution in [2.24, 2.45) is 0 Å². The van der Waals surface area contributed by atoms with E-state index in [1.54, 1.807) is 12.1 Å². The molecular weight excluding hydrogens is 283 g/mol. The summed E-state index contributed by atoms with van der Waals surface area (Å²) in [5, 5.41) is 4.28. The number of rotatable bonds is 7. The van der Waals surface area contributed by atoms with E-state index in [9.17, 15) is 4.39 Å². The van der Waals surface area contributed by atoms with E-state index in [0.29, 0.717) is 0 Å². The molecule has 0 spiro atoms.